The number of Topliss-reactive ketones (excluding diaryl/α,β-unsaturated/α-hetero) is 2. The molecular formula is C39H72N2O5. The van der Waals surface area contributed by atoms with Gasteiger partial charge >= 0.3 is 0 Å². The van der Waals surface area contributed by atoms with Gasteiger partial charge in [-0.2, -0.15) is 0 Å². The quantitative estimate of drug-likeness (QED) is 0.154. The van der Waals surface area contributed by atoms with Crippen LogP contribution in [0.4, 0.5) is 0 Å². The van der Waals surface area contributed by atoms with Gasteiger partial charge in [0.15, 0.2) is 0 Å². The molecule has 268 valence electrons. The zero-order valence-corrected chi connectivity index (χ0v) is 31.5. The number of rotatable bonds is 18. The monoisotopic (exact) mass is 649 g/mol. The second kappa shape index (κ2) is 18.7. The summed E-state index contributed by atoms with van der Waals surface area (Å²) in [7, 11) is 1.83. The number of nitrogens with two attached hydrogens (primary N) is 2. The van der Waals surface area contributed by atoms with Crippen molar-refractivity contribution in [1.82, 2.24) is 0 Å². The topological polar surface area (TPSA) is 130 Å². The average molecular weight is 649 g/mol. The molecule has 0 aromatic heterocycles. The molecule has 0 spiro atoms. The summed E-state index contributed by atoms with van der Waals surface area (Å²) in [4.78, 5) is 47.0. The van der Waals surface area contributed by atoms with Crippen molar-refractivity contribution >= 4 is 23.4 Å². The van der Waals surface area contributed by atoms with Gasteiger partial charge in [-0.3, -0.25) is 19.2 Å². The van der Waals surface area contributed by atoms with E-state index >= 15 is 0 Å². The number of methoxy groups -OCH3 is 1. The number of carbonyl (C=O) groups excluding carboxylic acids is 4. The molecule has 46 heavy (non-hydrogen) atoms. The van der Waals surface area contributed by atoms with Crippen LogP contribution in [0.1, 0.15) is 171 Å². The molecule has 3 saturated carbocycles. The van der Waals surface area contributed by atoms with Crippen LogP contribution in [-0.2, 0) is 23.9 Å². The molecule has 0 radical (unpaired) electrons. The predicted octanol–water partition coefficient (Wildman–Crippen LogP) is 8.73. The molecule has 3 fully saturated rings. The van der Waals surface area contributed by atoms with E-state index in [0.29, 0.717) is 49.1 Å². The first-order valence-corrected chi connectivity index (χ1v) is 18.5. The van der Waals surface area contributed by atoms with Gasteiger partial charge in [-0.25, -0.2) is 0 Å². The second-order valence-electron chi connectivity index (χ2n) is 16.7. The van der Waals surface area contributed by atoms with Crippen LogP contribution in [0.3, 0.4) is 0 Å². The fraction of sp³-hybridized carbons (Fsp3) is 0.897. The van der Waals surface area contributed by atoms with Crippen molar-refractivity contribution < 1.29 is 23.9 Å². The highest BCUT2D eigenvalue weighted by Gasteiger charge is 2.46. The van der Waals surface area contributed by atoms with E-state index in [9.17, 15) is 19.2 Å². The molecule has 3 aliphatic carbocycles. The molecule has 3 aliphatic rings. The van der Waals surface area contributed by atoms with Crippen LogP contribution in [0, 0.1) is 39.9 Å². The fourth-order valence-corrected chi connectivity index (χ4v) is 6.82. The second-order valence-corrected chi connectivity index (χ2v) is 16.7. The Labute approximate surface area is 282 Å². The lowest BCUT2D eigenvalue weighted by molar-refractivity contribution is -0.132. The molecule has 7 heteroatoms. The van der Waals surface area contributed by atoms with Gasteiger partial charge < -0.3 is 16.2 Å². The first-order valence-electron chi connectivity index (χ1n) is 18.5. The largest absolute Gasteiger partial charge is 0.379 e. The normalized spacial score (nSPS) is 19.4. The summed E-state index contributed by atoms with van der Waals surface area (Å²) in [5, 5.41) is 0. The lowest BCUT2D eigenvalue weighted by Crippen LogP contribution is -2.35. The Hall–Kier alpha value is -1.76. The minimum atomic E-state index is -0.577. The number of amides is 2. The first kappa shape index (κ1) is 42.3. The van der Waals surface area contributed by atoms with Gasteiger partial charge in [0.2, 0.25) is 11.8 Å². The van der Waals surface area contributed by atoms with Gasteiger partial charge in [0, 0.05) is 42.1 Å². The van der Waals surface area contributed by atoms with Crippen molar-refractivity contribution in [2.75, 3.05) is 7.11 Å². The maximum Gasteiger partial charge on any atom is 0.223 e. The Morgan fingerprint density at radius 2 is 1.17 bits per heavy atom. The summed E-state index contributed by atoms with van der Waals surface area (Å²) in [6.45, 7) is 18.0. The summed E-state index contributed by atoms with van der Waals surface area (Å²) < 4.78 is 5.48. The van der Waals surface area contributed by atoms with Crippen LogP contribution in [-0.4, -0.2) is 36.1 Å². The lowest BCUT2D eigenvalue weighted by Gasteiger charge is -2.35. The molecule has 2 atom stereocenters. The van der Waals surface area contributed by atoms with Crippen molar-refractivity contribution in [1.29, 1.82) is 0 Å². The van der Waals surface area contributed by atoms with Gasteiger partial charge in [-0.15, -0.1) is 0 Å². The Bertz CT molecular complexity index is 973. The number of carbonyl (C=O) groups is 4. The van der Waals surface area contributed by atoms with Gasteiger partial charge in [0.25, 0.3) is 0 Å². The molecule has 0 heterocycles. The molecule has 7 nitrogen and oxygen atoms in total. The number of hydrogen-bond acceptors (Lipinski definition) is 5. The number of primary amides is 2. The fourth-order valence-electron chi connectivity index (χ4n) is 6.82. The summed E-state index contributed by atoms with van der Waals surface area (Å²) in [5.74, 6) is 2.25. The third-order valence-corrected chi connectivity index (χ3v) is 11.5. The van der Waals surface area contributed by atoms with Crippen molar-refractivity contribution in [3.63, 3.8) is 0 Å². The first-order chi connectivity index (χ1) is 21.3. The minimum Gasteiger partial charge on any atom is -0.379 e. The maximum absolute atomic E-state index is 12.5. The van der Waals surface area contributed by atoms with Crippen LogP contribution in [0.5, 0.6) is 0 Å². The van der Waals surface area contributed by atoms with Crippen molar-refractivity contribution in [3.8, 4) is 0 Å². The van der Waals surface area contributed by atoms with Gasteiger partial charge in [-0.05, 0) is 95.8 Å². The Morgan fingerprint density at radius 1 is 0.674 bits per heavy atom. The van der Waals surface area contributed by atoms with E-state index in [1.54, 1.807) is 0 Å². The molecule has 0 aliphatic heterocycles. The standard InChI is InChI=1S/C15H27NO2.C14H25NO2.C10H20O/c1-5-9-15(4,11-6-7-11)12(17)8-10-14(2,3)13(16)18;1-4-5-11(10-6-7-10)12(16)8-9-14(2,3)13(15)17;1-10(2,11-3)9-7-5-4-6-8-9/h11H,5-10H2,1-4H3,(H2,16,18);10-11H,4-9H2,1-3H3,(H2,15,17);9H,4-8H2,1-3H3. The molecule has 2 unspecified atom stereocenters. The van der Waals surface area contributed by atoms with Gasteiger partial charge in [-0.1, -0.05) is 80.6 Å². The van der Waals surface area contributed by atoms with Crippen LogP contribution in [0.25, 0.3) is 0 Å². The van der Waals surface area contributed by atoms with Crippen molar-refractivity contribution in [3.05, 3.63) is 0 Å². The SMILES string of the molecule is CCCC(C(=O)CCC(C)(C)C(N)=O)C1CC1.CCCC(C)(C(=O)CCC(C)(C)C(N)=O)C1CC1.COC(C)(C)C1CCCCC1. The molecule has 0 saturated heterocycles. The van der Waals surface area contributed by atoms with E-state index in [1.807, 2.05) is 34.8 Å². The summed E-state index contributed by atoms with van der Waals surface area (Å²) >= 11 is 0. The van der Waals surface area contributed by atoms with E-state index in [2.05, 4.69) is 34.6 Å². The smallest absolute Gasteiger partial charge is 0.223 e. The number of hydrogen-bond donors (Lipinski definition) is 2. The van der Waals surface area contributed by atoms with Crippen LogP contribution >= 0.6 is 0 Å². The van der Waals surface area contributed by atoms with E-state index in [-0.39, 0.29) is 28.7 Å². The average Bonchev–Trinajstić information content (AvgIpc) is 3.92. The minimum absolute atomic E-state index is 0.112. The molecule has 3 rings (SSSR count). The molecule has 0 bridgehead atoms. The van der Waals surface area contributed by atoms with Crippen LogP contribution < -0.4 is 11.5 Å². The van der Waals surface area contributed by atoms with Gasteiger partial charge in [0.05, 0.1) is 5.60 Å². The summed E-state index contributed by atoms with van der Waals surface area (Å²) in [6, 6.07) is 0. The highest BCUT2D eigenvalue weighted by molar-refractivity contribution is 5.86. The molecule has 0 aromatic carbocycles. The van der Waals surface area contributed by atoms with E-state index in [1.165, 1.54) is 57.8 Å². The number of ether oxygens (including phenoxy) is 1. The summed E-state index contributed by atoms with van der Waals surface area (Å²) in [6.07, 6.45) is 17.9. The molecule has 0 aromatic rings. The third kappa shape index (κ3) is 13.8. The highest BCUT2D eigenvalue weighted by Crippen LogP contribution is 2.49. The molecule has 2 amide bonds. The van der Waals surface area contributed by atoms with E-state index in [0.717, 1.165) is 31.6 Å². The summed E-state index contributed by atoms with van der Waals surface area (Å²) in [5.41, 5.74) is 9.47. The molecular weight excluding hydrogens is 576 g/mol. The van der Waals surface area contributed by atoms with E-state index in [4.69, 9.17) is 16.2 Å². The predicted molar refractivity (Wildman–Crippen MR) is 189 cm³/mol. The van der Waals surface area contributed by atoms with Crippen LogP contribution in [0.15, 0.2) is 0 Å². The Morgan fingerprint density at radius 3 is 1.57 bits per heavy atom. The highest BCUT2D eigenvalue weighted by atomic mass is 16.5. The third-order valence-electron chi connectivity index (χ3n) is 11.5. The maximum atomic E-state index is 12.5. The zero-order valence-electron chi connectivity index (χ0n) is 31.5. The van der Waals surface area contributed by atoms with Gasteiger partial charge in [0.1, 0.15) is 11.6 Å². The Balaban J connectivity index is 0.000000355. The van der Waals surface area contributed by atoms with Crippen LogP contribution in [0.2, 0.25) is 0 Å². The van der Waals surface area contributed by atoms with Crippen molar-refractivity contribution in [2.24, 2.45) is 51.4 Å². The zero-order chi connectivity index (χ0) is 35.3. The lowest BCUT2D eigenvalue weighted by atomic mass is 9.73. The number of ketones is 2. The molecule has 4 N–H and O–H groups in total. The Kier molecular flexibility index (Phi) is 17.2. The van der Waals surface area contributed by atoms with E-state index < -0.39 is 10.8 Å². The van der Waals surface area contributed by atoms with Crippen molar-refractivity contribution in [2.45, 2.75) is 177 Å².